The highest BCUT2D eigenvalue weighted by Gasteiger charge is 2.10. The van der Waals surface area contributed by atoms with Crippen molar-refractivity contribution >= 4 is 23.0 Å². The number of rotatable bonds is 6. The van der Waals surface area contributed by atoms with E-state index in [1.54, 1.807) is 10.6 Å². The maximum absolute atomic E-state index is 12.0. The van der Waals surface area contributed by atoms with E-state index in [-0.39, 0.29) is 35.3 Å². The van der Waals surface area contributed by atoms with Crippen LogP contribution in [-0.2, 0) is 17.8 Å². The Bertz CT molecular complexity index is 1010. The Kier molecular flexibility index (Phi) is 4.74. The van der Waals surface area contributed by atoms with Crippen molar-refractivity contribution in [3.63, 3.8) is 0 Å². The molecule has 1 aromatic carbocycles. The van der Waals surface area contributed by atoms with Crippen molar-refractivity contribution in [3.05, 3.63) is 40.4 Å². The van der Waals surface area contributed by atoms with E-state index >= 15 is 0 Å². The minimum Gasteiger partial charge on any atom is -0.504 e. The Morgan fingerprint density at radius 3 is 2.88 bits per heavy atom. The van der Waals surface area contributed by atoms with Crippen LogP contribution < -0.4 is 16.6 Å². The van der Waals surface area contributed by atoms with Crippen LogP contribution in [0.4, 0.5) is 5.95 Å². The molecular formula is C16H18N6O4. The Hall–Kier alpha value is -3.56. The average Bonchev–Trinajstić information content (AvgIpc) is 2.99. The molecule has 0 aliphatic carbocycles. The smallest absolute Gasteiger partial charge is 0.280 e. The van der Waals surface area contributed by atoms with Gasteiger partial charge < -0.3 is 25.8 Å². The summed E-state index contributed by atoms with van der Waals surface area (Å²) < 4.78 is 1.60. The fourth-order valence-electron chi connectivity index (χ4n) is 2.52. The molecule has 10 nitrogen and oxygen atoms in total. The number of aromatic amines is 1. The molecule has 1 amide bonds. The van der Waals surface area contributed by atoms with E-state index in [2.05, 4.69) is 20.3 Å². The van der Waals surface area contributed by atoms with Crippen molar-refractivity contribution in [1.29, 1.82) is 0 Å². The van der Waals surface area contributed by atoms with Gasteiger partial charge in [0.05, 0.1) is 6.33 Å². The zero-order chi connectivity index (χ0) is 18.7. The zero-order valence-electron chi connectivity index (χ0n) is 13.8. The summed E-state index contributed by atoms with van der Waals surface area (Å²) in [4.78, 5) is 34.1. The van der Waals surface area contributed by atoms with Crippen LogP contribution in [-0.4, -0.2) is 42.2 Å². The molecule has 0 aliphatic heterocycles. The molecule has 2 aromatic heterocycles. The lowest BCUT2D eigenvalue weighted by molar-refractivity contribution is -0.121. The molecule has 3 aromatic rings. The second-order valence-corrected chi connectivity index (χ2v) is 5.73. The molecule has 0 aliphatic rings. The second-order valence-electron chi connectivity index (χ2n) is 5.73. The summed E-state index contributed by atoms with van der Waals surface area (Å²) in [6.07, 6.45) is 2.14. The SMILES string of the molecule is Nc1nc2c(ncn2CCC(=O)NCCc2ccc(O)c(O)c2)c(=O)[nH]1. The molecule has 0 radical (unpaired) electrons. The summed E-state index contributed by atoms with van der Waals surface area (Å²) in [6.45, 7) is 0.691. The Balaban J connectivity index is 1.53. The van der Waals surface area contributed by atoms with Crippen molar-refractivity contribution in [2.45, 2.75) is 19.4 Å². The average molecular weight is 358 g/mol. The maximum atomic E-state index is 12.0. The third kappa shape index (κ3) is 3.74. The summed E-state index contributed by atoms with van der Waals surface area (Å²) in [7, 11) is 0. The first kappa shape index (κ1) is 17.3. The van der Waals surface area contributed by atoms with Gasteiger partial charge in [-0.25, -0.2) is 4.98 Å². The molecule has 0 saturated heterocycles. The van der Waals surface area contributed by atoms with E-state index in [0.717, 1.165) is 5.56 Å². The summed E-state index contributed by atoms with van der Waals surface area (Å²) >= 11 is 0. The second kappa shape index (κ2) is 7.13. The molecule has 26 heavy (non-hydrogen) atoms. The number of phenolic OH excluding ortho intramolecular Hbond substituents is 2. The molecule has 136 valence electrons. The first-order chi connectivity index (χ1) is 12.4. The quantitative estimate of drug-likeness (QED) is 0.383. The van der Waals surface area contributed by atoms with Crippen LogP contribution >= 0.6 is 0 Å². The Labute approximate surface area is 147 Å². The standard InChI is InChI=1S/C16H18N6O4/c17-16-20-14-13(15(26)21-16)19-8-22(14)6-4-12(25)18-5-3-9-1-2-10(23)11(24)7-9/h1-2,7-8,23-24H,3-6H2,(H,18,25)(H3,17,20,21,26). The van der Waals surface area contributed by atoms with E-state index in [4.69, 9.17) is 5.73 Å². The molecule has 2 heterocycles. The van der Waals surface area contributed by atoms with Crippen molar-refractivity contribution in [3.8, 4) is 11.5 Å². The summed E-state index contributed by atoms with van der Waals surface area (Å²) in [5.74, 6) is -0.556. The van der Waals surface area contributed by atoms with Gasteiger partial charge in [-0.15, -0.1) is 0 Å². The fraction of sp³-hybridized carbons (Fsp3) is 0.250. The molecule has 10 heteroatoms. The molecule has 0 fully saturated rings. The number of imidazole rings is 1. The number of benzene rings is 1. The highest BCUT2D eigenvalue weighted by atomic mass is 16.3. The van der Waals surface area contributed by atoms with Crippen LogP contribution in [0.2, 0.25) is 0 Å². The third-order valence-corrected chi connectivity index (χ3v) is 3.85. The molecule has 0 atom stereocenters. The van der Waals surface area contributed by atoms with Gasteiger partial charge in [-0.1, -0.05) is 6.07 Å². The van der Waals surface area contributed by atoms with E-state index in [9.17, 15) is 19.8 Å². The number of anilines is 1. The number of carbonyl (C=O) groups is 1. The number of H-pyrrole nitrogens is 1. The Morgan fingerprint density at radius 1 is 1.31 bits per heavy atom. The highest BCUT2D eigenvalue weighted by Crippen LogP contribution is 2.24. The maximum Gasteiger partial charge on any atom is 0.280 e. The number of nitrogens with one attached hydrogen (secondary N) is 2. The van der Waals surface area contributed by atoms with Gasteiger partial charge in [0.1, 0.15) is 0 Å². The van der Waals surface area contributed by atoms with Crippen LogP contribution in [0.15, 0.2) is 29.3 Å². The molecule has 0 spiro atoms. The summed E-state index contributed by atoms with van der Waals surface area (Å²) in [5.41, 5.74) is 6.40. The molecular weight excluding hydrogens is 340 g/mol. The van der Waals surface area contributed by atoms with Crippen molar-refractivity contribution in [1.82, 2.24) is 24.8 Å². The minimum atomic E-state index is -0.423. The topological polar surface area (TPSA) is 159 Å². The Morgan fingerprint density at radius 2 is 2.12 bits per heavy atom. The zero-order valence-corrected chi connectivity index (χ0v) is 13.8. The van der Waals surface area contributed by atoms with Gasteiger partial charge in [-0.05, 0) is 24.1 Å². The van der Waals surface area contributed by atoms with E-state index in [0.29, 0.717) is 25.2 Å². The van der Waals surface area contributed by atoms with Crippen molar-refractivity contribution in [2.75, 3.05) is 12.3 Å². The molecule has 0 saturated carbocycles. The number of nitrogens with zero attached hydrogens (tertiary/aromatic N) is 3. The van der Waals surface area contributed by atoms with Crippen molar-refractivity contribution < 1.29 is 15.0 Å². The molecule has 3 rings (SSSR count). The number of nitrogen functional groups attached to an aromatic ring is 1. The van der Waals surface area contributed by atoms with Crippen LogP contribution in [0, 0.1) is 0 Å². The van der Waals surface area contributed by atoms with Gasteiger partial charge in [-0.3, -0.25) is 14.6 Å². The highest BCUT2D eigenvalue weighted by molar-refractivity contribution is 5.76. The van der Waals surface area contributed by atoms with E-state index in [1.807, 2.05) is 0 Å². The predicted octanol–water partition coefficient (Wildman–Crippen LogP) is -0.138. The molecule has 6 N–H and O–H groups in total. The van der Waals surface area contributed by atoms with Gasteiger partial charge in [0.15, 0.2) is 22.7 Å². The summed E-state index contributed by atoms with van der Waals surface area (Å²) in [6, 6.07) is 4.52. The predicted molar refractivity (Wildman–Crippen MR) is 93.7 cm³/mol. The van der Waals surface area contributed by atoms with Crippen LogP contribution in [0.25, 0.3) is 11.2 Å². The molecule has 0 unspecified atom stereocenters. The van der Waals surface area contributed by atoms with Gasteiger partial charge in [0.25, 0.3) is 5.56 Å². The van der Waals surface area contributed by atoms with Gasteiger partial charge in [-0.2, -0.15) is 4.98 Å². The normalized spacial score (nSPS) is 10.9. The molecule has 0 bridgehead atoms. The van der Waals surface area contributed by atoms with Crippen LogP contribution in [0.3, 0.4) is 0 Å². The fourth-order valence-corrected chi connectivity index (χ4v) is 2.52. The number of hydrogen-bond donors (Lipinski definition) is 5. The monoisotopic (exact) mass is 358 g/mol. The number of aromatic hydroxyl groups is 2. The van der Waals surface area contributed by atoms with E-state index < -0.39 is 5.56 Å². The first-order valence-corrected chi connectivity index (χ1v) is 7.92. The lowest BCUT2D eigenvalue weighted by Gasteiger charge is -2.07. The van der Waals surface area contributed by atoms with Gasteiger partial charge in [0.2, 0.25) is 11.9 Å². The summed E-state index contributed by atoms with van der Waals surface area (Å²) in [5, 5.41) is 21.5. The lowest BCUT2D eigenvalue weighted by Crippen LogP contribution is -2.26. The number of fused-ring (bicyclic) bond motifs is 1. The number of aromatic nitrogens is 4. The third-order valence-electron chi connectivity index (χ3n) is 3.85. The number of hydrogen-bond acceptors (Lipinski definition) is 7. The van der Waals surface area contributed by atoms with Crippen LogP contribution in [0.1, 0.15) is 12.0 Å². The van der Waals surface area contributed by atoms with E-state index in [1.165, 1.54) is 18.5 Å². The van der Waals surface area contributed by atoms with Gasteiger partial charge >= 0.3 is 0 Å². The number of amides is 1. The number of carbonyl (C=O) groups excluding carboxylic acids is 1. The number of nitrogens with two attached hydrogens (primary N) is 1. The first-order valence-electron chi connectivity index (χ1n) is 7.92. The van der Waals surface area contributed by atoms with Gasteiger partial charge in [0, 0.05) is 19.5 Å². The van der Waals surface area contributed by atoms with Crippen LogP contribution in [0.5, 0.6) is 11.5 Å². The number of aryl methyl sites for hydroxylation is 1. The number of phenols is 2. The van der Waals surface area contributed by atoms with Crippen molar-refractivity contribution in [2.24, 2.45) is 0 Å². The minimum absolute atomic E-state index is 0.00847. The lowest BCUT2D eigenvalue weighted by atomic mass is 10.1. The largest absolute Gasteiger partial charge is 0.504 e.